The van der Waals surface area contributed by atoms with Gasteiger partial charge in [0.2, 0.25) is 0 Å². The molecule has 0 spiro atoms. The minimum absolute atomic E-state index is 0.0687. The second-order valence-electron chi connectivity index (χ2n) is 2.57. The number of aromatic hydroxyl groups is 1. The van der Waals surface area contributed by atoms with Crippen LogP contribution in [0.1, 0.15) is 11.3 Å². The summed E-state index contributed by atoms with van der Waals surface area (Å²) < 4.78 is 4.44. The third-order valence-corrected chi connectivity index (χ3v) is 1.62. The molecule has 1 aromatic heterocycles. The number of pyridine rings is 1. The summed E-state index contributed by atoms with van der Waals surface area (Å²) >= 11 is 0. The van der Waals surface area contributed by atoms with Gasteiger partial charge in [-0.1, -0.05) is 0 Å². The second kappa shape index (κ2) is 4.23. The molecule has 14 heavy (non-hydrogen) atoms. The van der Waals surface area contributed by atoms with E-state index in [1.165, 1.54) is 13.2 Å². The average Bonchev–Trinajstić information content (AvgIpc) is 2.18. The molecular formula is C9H8N2O3. The van der Waals surface area contributed by atoms with Crippen LogP contribution in [0.2, 0.25) is 0 Å². The molecule has 0 aliphatic rings. The van der Waals surface area contributed by atoms with E-state index >= 15 is 0 Å². The molecule has 0 aliphatic carbocycles. The number of hydrogen-bond donors (Lipinski definition) is 1. The van der Waals surface area contributed by atoms with Crippen LogP contribution in [-0.2, 0) is 16.0 Å². The van der Waals surface area contributed by atoms with Crippen molar-refractivity contribution in [3.63, 3.8) is 0 Å². The second-order valence-corrected chi connectivity index (χ2v) is 2.57. The van der Waals surface area contributed by atoms with Crippen molar-refractivity contribution in [1.82, 2.24) is 4.98 Å². The fourth-order valence-corrected chi connectivity index (χ4v) is 0.961. The fourth-order valence-electron chi connectivity index (χ4n) is 0.961. The molecule has 0 amide bonds. The zero-order valence-electron chi connectivity index (χ0n) is 7.52. The van der Waals surface area contributed by atoms with E-state index in [9.17, 15) is 4.79 Å². The Kier molecular flexibility index (Phi) is 3.02. The first-order chi connectivity index (χ1) is 6.67. The minimum atomic E-state index is -0.478. The van der Waals surface area contributed by atoms with Gasteiger partial charge < -0.3 is 9.84 Å². The van der Waals surface area contributed by atoms with E-state index in [1.54, 1.807) is 0 Å². The number of esters is 1. The predicted molar refractivity (Wildman–Crippen MR) is 46.3 cm³/mol. The lowest BCUT2D eigenvalue weighted by Crippen LogP contribution is -2.06. The van der Waals surface area contributed by atoms with E-state index in [0.29, 0.717) is 5.56 Å². The Morgan fingerprint density at radius 1 is 1.79 bits per heavy atom. The smallest absolute Gasteiger partial charge is 0.310 e. The summed E-state index contributed by atoms with van der Waals surface area (Å²) in [6.45, 7) is 0. The zero-order valence-corrected chi connectivity index (χ0v) is 7.52. The maximum absolute atomic E-state index is 10.9. The van der Waals surface area contributed by atoms with Crippen molar-refractivity contribution in [2.75, 3.05) is 7.11 Å². The number of methoxy groups -OCH3 is 1. The van der Waals surface area contributed by atoms with Crippen LogP contribution in [0.15, 0.2) is 12.3 Å². The maximum Gasteiger partial charge on any atom is 0.310 e. The topological polar surface area (TPSA) is 83.2 Å². The van der Waals surface area contributed by atoms with Crippen molar-refractivity contribution in [3.8, 4) is 11.8 Å². The Balaban J connectivity index is 3.00. The lowest BCUT2D eigenvalue weighted by molar-refractivity contribution is -0.139. The molecule has 5 nitrogen and oxygen atoms in total. The molecule has 1 N–H and O–H groups in total. The van der Waals surface area contributed by atoms with Crippen LogP contribution in [-0.4, -0.2) is 23.2 Å². The monoisotopic (exact) mass is 192 g/mol. The number of aromatic nitrogens is 1. The van der Waals surface area contributed by atoms with Crippen molar-refractivity contribution >= 4 is 5.97 Å². The number of hydrogen-bond acceptors (Lipinski definition) is 5. The van der Waals surface area contributed by atoms with E-state index in [2.05, 4.69) is 9.72 Å². The summed E-state index contributed by atoms with van der Waals surface area (Å²) in [5.74, 6) is -0.559. The molecule has 1 heterocycles. The molecule has 5 heteroatoms. The van der Waals surface area contributed by atoms with Gasteiger partial charge in [-0.05, 0) is 6.07 Å². The summed E-state index contributed by atoms with van der Waals surface area (Å²) in [5, 5.41) is 17.7. The Hall–Kier alpha value is -2.09. The third-order valence-electron chi connectivity index (χ3n) is 1.62. The minimum Gasteiger partial charge on any atom is -0.506 e. The molecule has 0 saturated heterocycles. The number of carbonyl (C=O) groups excluding carboxylic acids is 1. The van der Waals surface area contributed by atoms with Gasteiger partial charge in [0.15, 0.2) is 0 Å². The first-order valence-corrected chi connectivity index (χ1v) is 3.82. The zero-order chi connectivity index (χ0) is 10.6. The van der Waals surface area contributed by atoms with Crippen LogP contribution >= 0.6 is 0 Å². The van der Waals surface area contributed by atoms with Crippen LogP contribution in [0.25, 0.3) is 0 Å². The van der Waals surface area contributed by atoms with Crippen molar-refractivity contribution in [2.24, 2.45) is 0 Å². The fraction of sp³-hybridized carbons (Fsp3) is 0.222. The van der Waals surface area contributed by atoms with Gasteiger partial charge in [0, 0.05) is 5.56 Å². The number of carbonyl (C=O) groups is 1. The van der Waals surface area contributed by atoms with Crippen molar-refractivity contribution in [2.45, 2.75) is 6.42 Å². The molecule has 0 aromatic carbocycles. The Morgan fingerprint density at radius 2 is 2.50 bits per heavy atom. The van der Waals surface area contributed by atoms with Crippen LogP contribution in [0.3, 0.4) is 0 Å². The molecule has 0 bridgehead atoms. The van der Waals surface area contributed by atoms with Crippen molar-refractivity contribution in [1.29, 1.82) is 5.26 Å². The normalized spacial score (nSPS) is 9.14. The lowest BCUT2D eigenvalue weighted by Gasteiger charge is -2.01. The van der Waals surface area contributed by atoms with Gasteiger partial charge in [-0.2, -0.15) is 5.26 Å². The summed E-state index contributed by atoms with van der Waals surface area (Å²) in [6, 6.07) is 3.14. The Labute approximate surface area is 80.6 Å². The Bertz CT molecular complexity index is 396. The summed E-state index contributed by atoms with van der Waals surface area (Å²) in [6.07, 6.45) is 1.08. The SMILES string of the molecule is COC(=O)Cc1cc(O)cnc1C#N. The van der Waals surface area contributed by atoms with Gasteiger partial charge in [0.1, 0.15) is 17.5 Å². The largest absolute Gasteiger partial charge is 0.506 e. The molecule has 1 rings (SSSR count). The molecule has 0 fully saturated rings. The van der Waals surface area contributed by atoms with Gasteiger partial charge in [0.25, 0.3) is 0 Å². The molecule has 0 saturated carbocycles. The van der Waals surface area contributed by atoms with Crippen LogP contribution < -0.4 is 0 Å². The van der Waals surface area contributed by atoms with Crippen LogP contribution in [0, 0.1) is 11.3 Å². The lowest BCUT2D eigenvalue weighted by atomic mass is 10.1. The Morgan fingerprint density at radius 3 is 3.07 bits per heavy atom. The highest BCUT2D eigenvalue weighted by Gasteiger charge is 2.09. The molecule has 1 aromatic rings. The number of ether oxygens (including phenoxy) is 1. The summed E-state index contributed by atoms with van der Waals surface area (Å²) in [4.78, 5) is 14.6. The quantitative estimate of drug-likeness (QED) is 0.684. The molecule has 72 valence electrons. The first-order valence-electron chi connectivity index (χ1n) is 3.82. The molecule has 0 aliphatic heterocycles. The van der Waals surface area contributed by atoms with Gasteiger partial charge >= 0.3 is 5.97 Å². The van der Waals surface area contributed by atoms with Gasteiger partial charge in [-0.3, -0.25) is 4.79 Å². The van der Waals surface area contributed by atoms with Crippen LogP contribution in [0.5, 0.6) is 5.75 Å². The molecular weight excluding hydrogens is 184 g/mol. The first kappa shape index (κ1) is 9.99. The van der Waals surface area contributed by atoms with E-state index in [-0.39, 0.29) is 17.9 Å². The standard InChI is InChI=1S/C9H8N2O3/c1-14-9(13)3-6-2-7(12)5-11-8(6)4-10/h2,5,12H,3H2,1H3. The van der Waals surface area contributed by atoms with E-state index in [4.69, 9.17) is 10.4 Å². The summed E-state index contributed by atoms with van der Waals surface area (Å²) in [5.41, 5.74) is 0.479. The van der Waals surface area contributed by atoms with E-state index in [0.717, 1.165) is 6.20 Å². The highest BCUT2D eigenvalue weighted by Crippen LogP contribution is 2.13. The van der Waals surface area contributed by atoms with E-state index < -0.39 is 5.97 Å². The molecule has 0 unspecified atom stereocenters. The van der Waals surface area contributed by atoms with Crippen LogP contribution in [0.4, 0.5) is 0 Å². The van der Waals surface area contributed by atoms with Crippen molar-refractivity contribution in [3.05, 3.63) is 23.5 Å². The third kappa shape index (κ3) is 2.20. The molecule has 0 radical (unpaired) electrons. The number of nitrogens with zero attached hydrogens (tertiary/aromatic N) is 2. The van der Waals surface area contributed by atoms with Gasteiger partial charge in [-0.25, -0.2) is 4.98 Å². The summed E-state index contributed by atoms with van der Waals surface area (Å²) in [7, 11) is 1.25. The predicted octanol–water partition coefficient (Wildman–Crippen LogP) is 0.374. The van der Waals surface area contributed by atoms with Gasteiger partial charge in [-0.15, -0.1) is 0 Å². The highest BCUT2D eigenvalue weighted by atomic mass is 16.5. The molecule has 0 atom stereocenters. The maximum atomic E-state index is 10.9. The van der Waals surface area contributed by atoms with Gasteiger partial charge in [0.05, 0.1) is 19.7 Å². The van der Waals surface area contributed by atoms with E-state index in [1.807, 2.05) is 6.07 Å². The van der Waals surface area contributed by atoms with Crippen molar-refractivity contribution < 1.29 is 14.6 Å². The highest BCUT2D eigenvalue weighted by molar-refractivity contribution is 5.73. The number of nitriles is 1. The number of rotatable bonds is 2. The average molecular weight is 192 g/mol.